The number of nitrogens with zero attached hydrogens (tertiary/aromatic N) is 5. The van der Waals surface area contributed by atoms with Crippen LogP contribution in [-0.2, 0) is 5.54 Å². The highest BCUT2D eigenvalue weighted by atomic mass is 19.3. The van der Waals surface area contributed by atoms with E-state index in [1.165, 1.54) is 12.4 Å². The summed E-state index contributed by atoms with van der Waals surface area (Å²) in [4.78, 5) is 0. The van der Waals surface area contributed by atoms with E-state index >= 15 is 0 Å². The van der Waals surface area contributed by atoms with Crippen molar-refractivity contribution in [2.75, 3.05) is 0 Å². The summed E-state index contributed by atoms with van der Waals surface area (Å²) in [6.07, 6.45) is 2.64. The third kappa shape index (κ3) is 2.74. The van der Waals surface area contributed by atoms with Crippen LogP contribution in [0.5, 0.6) is 0 Å². The summed E-state index contributed by atoms with van der Waals surface area (Å²) in [5.74, 6) is 0. The Labute approximate surface area is 142 Å². The van der Waals surface area contributed by atoms with Crippen molar-refractivity contribution in [3.8, 4) is 17.2 Å². The van der Waals surface area contributed by atoms with E-state index in [1.807, 2.05) is 0 Å². The Hall–Kier alpha value is -3.21. The van der Waals surface area contributed by atoms with E-state index in [0.717, 1.165) is 5.39 Å². The van der Waals surface area contributed by atoms with E-state index in [2.05, 4.69) is 22.8 Å². The van der Waals surface area contributed by atoms with Crippen molar-refractivity contribution >= 4 is 16.6 Å². The molecule has 25 heavy (non-hydrogen) atoms. The molecule has 0 radical (unpaired) electrons. The molecule has 2 N–H and O–H groups in total. The number of aromatic nitrogens is 4. The Bertz CT molecular complexity index is 1010. The SMILES string of the molecule is C=C(N)c1nn(C(C)(C)C#N)c2cc(-c3cnn(C(F)F)c3)ccc12. The zero-order valence-corrected chi connectivity index (χ0v) is 13.7. The monoisotopic (exact) mass is 342 g/mol. The van der Waals surface area contributed by atoms with Crippen molar-refractivity contribution in [1.82, 2.24) is 19.6 Å². The molecule has 0 aliphatic heterocycles. The quantitative estimate of drug-likeness (QED) is 0.786. The van der Waals surface area contributed by atoms with Gasteiger partial charge in [-0.3, -0.25) is 0 Å². The summed E-state index contributed by atoms with van der Waals surface area (Å²) in [5, 5.41) is 18.3. The van der Waals surface area contributed by atoms with Gasteiger partial charge < -0.3 is 5.73 Å². The zero-order chi connectivity index (χ0) is 18.4. The van der Waals surface area contributed by atoms with Crippen molar-refractivity contribution in [2.24, 2.45) is 5.73 Å². The van der Waals surface area contributed by atoms with Crippen LogP contribution in [0.4, 0.5) is 8.78 Å². The van der Waals surface area contributed by atoms with Gasteiger partial charge in [0.15, 0.2) is 0 Å². The first-order valence-electron chi connectivity index (χ1n) is 7.46. The van der Waals surface area contributed by atoms with Gasteiger partial charge in [-0.15, -0.1) is 0 Å². The standard InChI is InChI=1S/C17H16F2N6/c1-10(21)15-13-5-4-11(12-7-22-24(8-12)16(18)19)6-14(13)25(23-15)17(2,3)9-20/h4-8,16H,1,21H2,2-3H3. The fraction of sp³-hybridized carbons (Fsp3) is 0.235. The molecule has 0 aliphatic carbocycles. The molecule has 128 valence electrons. The molecule has 8 heteroatoms. The minimum atomic E-state index is -2.70. The highest BCUT2D eigenvalue weighted by molar-refractivity contribution is 5.92. The summed E-state index contributed by atoms with van der Waals surface area (Å²) < 4.78 is 27.6. The molecule has 2 aromatic heterocycles. The molecule has 0 saturated carbocycles. The number of hydrogen-bond donors (Lipinski definition) is 1. The number of alkyl halides is 2. The summed E-state index contributed by atoms with van der Waals surface area (Å²) >= 11 is 0. The normalized spacial score (nSPS) is 11.8. The van der Waals surface area contributed by atoms with Gasteiger partial charge in [0.1, 0.15) is 11.2 Å². The maximum Gasteiger partial charge on any atom is 0.333 e. The lowest BCUT2D eigenvalue weighted by atomic mass is 10.0. The second kappa shape index (κ2) is 5.70. The van der Waals surface area contributed by atoms with Crippen LogP contribution in [0, 0.1) is 11.3 Å². The Balaban J connectivity index is 2.23. The molecule has 3 rings (SSSR count). The van der Waals surface area contributed by atoms with Crippen LogP contribution in [0.15, 0.2) is 37.2 Å². The highest BCUT2D eigenvalue weighted by Crippen LogP contribution is 2.31. The summed E-state index contributed by atoms with van der Waals surface area (Å²) in [6, 6.07) is 7.53. The van der Waals surface area contributed by atoms with Gasteiger partial charge in [-0.25, -0.2) is 9.36 Å². The molecule has 0 unspecified atom stereocenters. The third-order valence-electron chi connectivity index (χ3n) is 3.92. The molecule has 0 saturated heterocycles. The second-order valence-corrected chi connectivity index (χ2v) is 6.18. The molecule has 1 aromatic carbocycles. The van der Waals surface area contributed by atoms with E-state index in [1.54, 1.807) is 36.7 Å². The van der Waals surface area contributed by atoms with Gasteiger partial charge in [0, 0.05) is 17.1 Å². The van der Waals surface area contributed by atoms with Crippen LogP contribution in [0.25, 0.3) is 27.7 Å². The van der Waals surface area contributed by atoms with Gasteiger partial charge in [-0.1, -0.05) is 12.6 Å². The van der Waals surface area contributed by atoms with Crippen molar-refractivity contribution in [3.05, 3.63) is 42.9 Å². The molecule has 6 nitrogen and oxygen atoms in total. The van der Waals surface area contributed by atoms with Crippen molar-refractivity contribution in [3.63, 3.8) is 0 Å². The Kier molecular flexibility index (Phi) is 3.80. The van der Waals surface area contributed by atoms with Crippen LogP contribution < -0.4 is 5.73 Å². The summed E-state index contributed by atoms with van der Waals surface area (Å²) in [5.41, 5.74) is 7.56. The first kappa shape index (κ1) is 16.6. The van der Waals surface area contributed by atoms with Crippen LogP contribution in [-0.4, -0.2) is 19.6 Å². The highest BCUT2D eigenvalue weighted by Gasteiger charge is 2.25. The molecular weight excluding hydrogens is 326 g/mol. The number of nitriles is 1. The van der Waals surface area contributed by atoms with E-state index in [4.69, 9.17) is 5.73 Å². The fourth-order valence-electron chi connectivity index (χ4n) is 2.60. The number of rotatable bonds is 4. The van der Waals surface area contributed by atoms with Crippen molar-refractivity contribution < 1.29 is 8.78 Å². The fourth-order valence-corrected chi connectivity index (χ4v) is 2.60. The van der Waals surface area contributed by atoms with Gasteiger partial charge in [-0.2, -0.15) is 24.2 Å². The van der Waals surface area contributed by atoms with Crippen LogP contribution in [0.2, 0.25) is 0 Å². The molecule has 0 fully saturated rings. The lowest BCUT2D eigenvalue weighted by molar-refractivity contribution is 0.0566. The maximum atomic E-state index is 12.7. The topological polar surface area (TPSA) is 85.4 Å². The number of nitrogens with two attached hydrogens (primary N) is 1. The summed E-state index contributed by atoms with van der Waals surface area (Å²) in [7, 11) is 0. The minimum absolute atomic E-state index is 0.288. The minimum Gasteiger partial charge on any atom is -0.397 e. The average molecular weight is 342 g/mol. The molecule has 0 amide bonds. The molecule has 0 bridgehead atoms. The average Bonchev–Trinajstić information content (AvgIpc) is 3.19. The first-order chi connectivity index (χ1) is 11.7. The van der Waals surface area contributed by atoms with Gasteiger partial charge >= 0.3 is 6.55 Å². The van der Waals surface area contributed by atoms with Gasteiger partial charge in [0.2, 0.25) is 0 Å². The predicted molar refractivity (Wildman–Crippen MR) is 90.4 cm³/mol. The van der Waals surface area contributed by atoms with E-state index in [9.17, 15) is 14.0 Å². The number of hydrogen-bond acceptors (Lipinski definition) is 4. The number of benzene rings is 1. The molecule has 2 heterocycles. The number of fused-ring (bicyclic) bond motifs is 1. The molecule has 0 spiro atoms. The lowest BCUT2D eigenvalue weighted by Gasteiger charge is -2.17. The maximum absolute atomic E-state index is 12.7. The van der Waals surface area contributed by atoms with Crippen LogP contribution in [0.3, 0.4) is 0 Å². The Morgan fingerprint density at radius 2 is 2.08 bits per heavy atom. The third-order valence-corrected chi connectivity index (χ3v) is 3.92. The van der Waals surface area contributed by atoms with E-state index in [0.29, 0.717) is 27.0 Å². The summed E-state index contributed by atoms with van der Waals surface area (Å²) in [6.45, 7) is 4.47. The molecule has 3 aromatic rings. The van der Waals surface area contributed by atoms with Gasteiger partial charge in [0.05, 0.1) is 23.5 Å². The predicted octanol–water partition coefficient (Wildman–Crippen LogP) is 3.48. The lowest BCUT2D eigenvalue weighted by Crippen LogP contribution is -2.25. The second-order valence-electron chi connectivity index (χ2n) is 6.18. The van der Waals surface area contributed by atoms with Crippen LogP contribution >= 0.6 is 0 Å². The molecular formula is C17H16F2N6. The van der Waals surface area contributed by atoms with E-state index in [-0.39, 0.29) is 5.70 Å². The zero-order valence-electron chi connectivity index (χ0n) is 13.7. The molecule has 0 atom stereocenters. The van der Waals surface area contributed by atoms with E-state index < -0.39 is 12.1 Å². The first-order valence-corrected chi connectivity index (χ1v) is 7.46. The molecule has 0 aliphatic rings. The number of halogens is 2. The Morgan fingerprint density at radius 3 is 2.64 bits per heavy atom. The largest absolute Gasteiger partial charge is 0.397 e. The van der Waals surface area contributed by atoms with Crippen molar-refractivity contribution in [2.45, 2.75) is 25.9 Å². The smallest absolute Gasteiger partial charge is 0.333 e. The van der Waals surface area contributed by atoms with Gasteiger partial charge in [0.25, 0.3) is 0 Å². The van der Waals surface area contributed by atoms with Gasteiger partial charge in [-0.05, 0) is 31.5 Å². The van der Waals surface area contributed by atoms with Crippen molar-refractivity contribution in [1.29, 1.82) is 5.26 Å². The van der Waals surface area contributed by atoms with Crippen LogP contribution in [0.1, 0.15) is 26.1 Å². The Morgan fingerprint density at radius 1 is 1.36 bits per heavy atom.